The molecule has 0 radical (unpaired) electrons. The third-order valence-corrected chi connectivity index (χ3v) is 3.89. The van der Waals surface area contributed by atoms with Crippen molar-refractivity contribution < 1.29 is 9.53 Å². The summed E-state index contributed by atoms with van der Waals surface area (Å²) in [4.78, 5) is 18.2. The van der Waals surface area contributed by atoms with Crippen LogP contribution in [0.25, 0.3) is 0 Å². The van der Waals surface area contributed by atoms with Crippen molar-refractivity contribution >= 4 is 5.91 Å². The number of carbonyl (C=O) groups excluding carboxylic acids is 1. The number of rotatable bonds is 6. The number of nitrogens with zero attached hydrogens (tertiary/aromatic N) is 2. The summed E-state index contributed by atoms with van der Waals surface area (Å²) in [6.45, 7) is 8.13. The smallest absolute Gasteiger partial charge is 0.272 e. The average Bonchev–Trinajstić information content (AvgIpc) is 2.55. The first kappa shape index (κ1) is 15.8. The van der Waals surface area contributed by atoms with Crippen LogP contribution in [-0.4, -0.2) is 48.6 Å². The number of aromatic nitrogens is 1. The Hall–Kier alpha value is -1.62. The van der Waals surface area contributed by atoms with Crippen LogP contribution >= 0.6 is 0 Å². The van der Waals surface area contributed by atoms with Crippen LogP contribution in [0.4, 0.5) is 0 Å². The van der Waals surface area contributed by atoms with Gasteiger partial charge in [-0.25, -0.2) is 0 Å². The van der Waals surface area contributed by atoms with Gasteiger partial charge in [0, 0.05) is 37.8 Å². The first-order chi connectivity index (χ1) is 10.2. The van der Waals surface area contributed by atoms with Crippen LogP contribution in [0, 0.1) is 5.92 Å². The Labute approximate surface area is 126 Å². The van der Waals surface area contributed by atoms with E-state index in [4.69, 9.17) is 4.74 Å². The fraction of sp³-hybridized carbons (Fsp3) is 0.625. The summed E-state index contributed by atoms with van der Waals surface area (Å²) >= 11 is 0. The van der Waals surface area contributed by atoms with Gasteiger partial charge in [-0.1, -0.05) is 0 Å². The monoisotopic (exact) mass is 291 g/mol. The Morgan fingerprint density at radius 1 is 1.48 bits per heavy atom. The highest BCUT2D eigenvalue weighted by Gasteiger charge is 2.16. The van der Waals surface area contributed by atoms with E-state index >= 15 is 0 Å². The molecule has 1 aliphatic rings. The lowest BCUT2D eigenvalue weighted by Gasteiger charge is -2.23. The number of pyridine rings is 1. The van der Waals surface area contributed by atoms with Gasteiger partial charge in [0.2, 0.25) is 0 Å². The summed E-state index contributed by atoms with van der Waals surface area (Å²) < 4.78 is 5.83. The van der Waals surface area contributed by atoms with E-state index in [9.17, 15) is 4.79 Å². The molecule has 21 heavy (non-hydrogen) atoms. The van der Waals surface area contributed by atoms with Gasteiger partial charge in [0.1, 0.15) is 11.4 Å². The average molecular weight is 291 g/mol. The summed E-state index contributed by atoms with van der Waals surface area (Å²) in [5.74, 6) is 1.24. The molecule has 1 N–H and O–H groups in total. The predicted molar refractivity (Wildman–Crippen MR) is 82.6 cm³/mol. The lowest BCUT2D eigenvalue weighted by atomic mass is 10.0. The van der Waals surface area contributed by atoms with E-state index in [0.717, 1.165) is 18.8 Å². The topological polar surface area (TPSA) is 54.5 Å². The molecule has 0 aliphatic carbocycles. The van der Waals surface area contributed by atoms with Crippen LogP contribution in [0.2, 0.25) is 0 Å². The van der Waals surface area contributed by atoms with E-state index in [1.807, 2.05) is 19.9 Å². The van der Waals surface area contributed by atoms with Crippen LogP contribution in [0.3, 0.4) is 0 Å². The largest absolute Gasteiger partial charge is 0.493 e. The molecule has 1 fully saturated rings. The molecule has 1 unspecified atom stereocenters. The fourth-order valence-corrected chi connectivity index (χ4v) is 2.57. The Balaban J connectivity index is 1.95. The van der Waals surface area contributed by atoms with Gasteiger partial charge in [0.05, 0.1) is 6.61 Å². The summed E-state index contributed by atoms with van der Waals surface area (Å²) in [7, 11) is 0. The molecular formula is C16H25N3O2. The highest BCUT2D eigenvalue weighted by atomic mass is 16.5. The first-order valence-corrected chi connectivity index (χ1v) is 7.83. The van der Waals surface area contributed by atoms with Crippen LogP contribution < -0.4 is 10.1 Å². The van der Waals surface area contributed by atoms with E-state index < -0.39 is 0 Å². The number of hydrogen-bond donors (Lipinski definition) is 1. The van der Waals surface area contributed by atoms with Crippen LogP contribution in [0.1, 0.15) is 37.2 Å². The third kappa shape index (κ3) is 4.43. The van der Waals surface area contributed by atoms with Crippen LogP contribution in [0.5, 0.6) is 5.75 Å². The molecule has 1 aromatic heterocycles. The standard InChI is InChI=1S/C16H25N3O2/c1-3-19(4-2)16(20)15-10-14(7-9-18-15)21-12-13-6-5-8-17-11-13/h7,9-10,13,17H,3-6,8,11-12H2,1-2H3. The molecule has 0 saturated carbocycles. The van der Waals surface area contributed by atoms with Gasteiger partial charge < -0.3 is 15.0 Å². The second-order valence-corrected chi connectivity index (χ2v) is 5.38. The van der Waals surface area contributed by atoms with E-state index in [2.05, 4.69) is 10.3 Å². The molecule has 5 heteroatoms. The van der Waals surface area contributed by atoms with E-state index in [0.29, 0.717) is 31.3 Å². The highest BCUT2D eigenvalue weighted by Crippen LogP contribution is 2.16. The zero-order valence-corrected chi connectivity index (χ0v) is 13.0. The summed E-state index contributed by atoms with van der Waals surface area (Å²) in [5, 5.41) is 3.38. The van der Waals surface area contributed by atoms with E-state index in [1.54, 1.807) is 17.2 Å². The molecule has 116 valence electrons. The second-order valence-electron chi connectivity index (χ2n) is 5.38. The van der Waals surface area contributed by atoms with Crippen LogP contribution in [0.15, 0.2) is 18.3 Å². The SMILES string of the molecule is CCN(CC)C(=O)c1cc(OCC2CCCNC2)ccn1. The second kappa shape index (κ2) is 7.98. The van der Waals surface area contributed by atoms with E-state index in [-0.39, 0.29) is 5.91 Å². The van der Waals surface area contributed by atoms with Gasteiger partial charge >= 0.3 is 0 Å². The number of amides is 1. The minimum absolute atomic E-state index is 0.0372. The summed E-state index contributed by atoms with van der Waals surface area (Å²) in [5.41, 5.74) is 0.456. The summed E-state index contributed by atoms with van der Waals surface area (Å²) in [6, 6.07) is 3.56. The molecular weight excluding hydrogens is 266 g/mol. The molecule has 2 heterocycles. The molecule has 0 aromatic carbocycles. The van der Waals surface area contributed by atoms with Crippen molar-refractivity contribution in [3.63, 3.8) is 0 Å². The van der Waals surface area contributed by atoms with Gasteiger partial charge in [-0.2, -0.15) is 0 Å². The van der Waals surface area contributed by atoms with Gasteiger partial charge in [0.25, 0.3) is 5.91 Å². The van der Waals surface area contributed by atoms with Crippen molar-refractivity contribution in [2.24, 2.45) is 5.92 Å². The molecule has 1 amide bonds. The summed E-state index contributed by atoms with van der Waals surface area (Å²) in [6.07, 6.45) is 4.05. The maximum atomic E-state index is 12.3. The highest BCUT2D eigenvalue weighted by molar-refractivity contribution is 5.92. The number of carbonyl (C=O) groups is 1. The Morgan fingerprint density at radius 2 is 2.29 bits per heavy atom. The van der Waals surface area contributed by atoms with Gasteiger partial charge in [-0.15, -0.1) is 0 Å². The predicted octanol–water partition coefficient (Wildman–Crippen LogP) is 1.94. The molecule has 1 atom stereocenters. The maximum Gasteiger partial charge on any atom is 0.272 e. The first-order valence-electron chi connectivity index (χ1n) is 7.83. The molecule has 1 saturated heterocycles. The van der Waals surface area contributed by atoms with Crippen molar-refractivity contribution in [1.82, 2.24) is 15.2 Å². The van der Waals surface area contributed by atoms with Crippen molar-refractivity contribution in [2.45, 2.75) is 26.7 Å². The third-order valence-electron chi connectivity index (χ3n) is 3.89. The van der Waals surface area contributed by atoms with Crippen molar-refractivity contribution in [3.8, 4) is 5.75 Å². The molecule has 1 aromatic rings. The number of nitrogens with one attached hydrogen (secondary N) is 1. The Morgan fingerprint density at radius 3 is 2.95 bits per heavy atom. The van der Waals surface area contributed by atoms with Gasteiger partial charge in [-0.05, 0) is 39.3 Å². The van der Waals surface area contributed by atoms with Crippen molar-refractivity contribution in [3.05, 3.63) is 24.0 Å². The Bertz CT molecular complexity index is 455. The maximum absolute atomic E-state index is 12.3. The molecule has 0 bridgehead atoms. The molecule has 5 nitrogen and oxygen atoms in total. The number of piperidine rings is 1. The number of hydrogen-bond acceptors (Lipinski definition) is 4. The fourth-order valence-electron chi connectivity index (χ4n) is 2.57. The number of ether oxygens (including phenoxy) is 1. The lowest BCUT2D eigenvalue weighted by molar-refractivity contribution is 0.0766. The molecule has 0 spiro atoms. The van der Waals surface area contributed by atoms with Gasteiger partial charge in [0.15, 0.2) is 0 Å². The van der Waals surface area contributed by atoms with Crippen molar-refractivity contribution in [1.29, 1.82) is 0 Å². The lowest BCUT2D eigenvalue weighted by Crippen LogP contribution is -2.33. The zero-order valence-electron chi connectivity index (χ0n) is 13.0. The Kier molecular flexibility index (Phi) is 5.99. The van der Waals surface area contributed by atoms with Crippen molar-refractivity contribution in [2.75, 3.05) is 32.8 Å². The minimum Gasteiger partial charge on any atom is -0.493 e. The molecule has 2 rings (SSSR count). The normalized spacial score (nSPS) is 18.3. The molecule has 1 aliphatic heterocycles. The van der Waals surface area contributed by atoms with Crippen LogP contribution in [-0.2, 0) is 0 Å². The minimum atomic E-state index is -0.0372. The van der Waals surface area contributed by atoms with E-state index in [1.165, 1.54) is 12.8 Å². The van der Waals surface area contributed by atoms with Gasteiger partial charge in [-0.3, -0.25) is 9.78 Å². The zero-order chi connectivity index (χ0) is 15.1. The quantitative estimate of drug-likeness (QED) is 0.870.